The first-order valence-corrected chi connectivity index (χ1v) is 6.67. The molecule has 0 radical (unpaired) electrons. The summed E-state index contributed by atoms with van der Waals surface area (Å²) in [5.41, 5.74) is 3.45. The molecule has 0 atom stereocenters. The van der Waals surface area contributed by atoms with Crippen LogP contribution in [0.25, 0.3) is 0 Å². The van der Waals surface area contributed by atoms with Gasteiger partial charge in [-0.3, -0.25) is 10.1 Å². The molecule has 0 aliphatic carbocycles. The third-order valence-corrected chi connectivity index (χ3v) is 3.31. The predicted octanol–water partition coefficient (Wildman–Crippen LogP) is 3.66. The first kappa shape index (κ1) is 15.0. The molecule has 0 saturated carbocycles. The van der Waals surface area contributed by atoms with Gasteiger partial charge in [-0.2, -0.15) is 0 Å². The molecule has 1 N–H and O–H groups in total. The van der Waals surface area contributed by atoms with Gasteiger partial charge in [-0.05, 0) is 24.1 Å². The fraction of sp³-hybridized carbons (Fsp3) is 0.250. The fourth-order valence-electron chi connectivity index (χ4n) is 2.26. The zero-order chi connectivity index (χ0) is 15.2. The van der Waals surface area contributed by atoms with Crippen molar-refractivity contribution in [2.45, 2.75) is 20.1 Å². The Morgan fingerprint density at radius 1 is 1.14 bits per heavy atom. The van der Waals surface area contributed by atoms with E-state index < -0.39 is 0 Å². The van der Waals surface area contributed by atoms with E-state index in [1.54, 1.807) is 26.2 Å². The van der Waals surface area contributed by atoms with Gasteiger partial charge in [0.2, 0.25) is 0 Å². The second kappa shape index (κ2) is 6.85. The quantitative estimate of drug-likeness (QED) is 0.650. The normalized spacial score (nSPS) is 10.4. The van der Waals surface area contributed by atoms with Gasteiger partial charge in [-0.15, -0.1) is 0 Å². The Labute approximate surface area is 123 Å². The average Bonchev–Trinajstić information content (AvgIpc) is 2.46. The fourth-order valence-corrected chi connectivity index (χ4v) is 2.26. The van der Waals surface area contributed by atoms with Crippen LogP contribution in [-0.2, 0) is 17.9 Å². The monoisotopic (exact) mass is 286 g/mol. The third-order valence-electron chi connectivity index (χ3n) is 3.31. The number of ether oxygens (including phenoxy) is 1. The summed E-state index contributed by atoms with van der Waals surface area (Å²) in [6.45, 7) is 2.78. The number of para-hydroxylation sites is 1. The number of aryl methyl sites for hydroxylation is 1. The Kier molecular flexibility index (Phi) is 4.90. The van der Waals surface area contributed by atoms with E-state index in [-0.39, 0.29) is 10.6 Å². The second-order valence-corrected chi connectivity index (χ2v) is 4.78. The van der Waals surface area contributed by atoms with Gasteiger partial charge in [0.25, 0.3) is 5.69 Å². The summed E-state index contributed by atoms with van der Waals surface area (Å²) in [5, 5.41) is 14.3. The van der Waals surface area contributed by atoms with E-state index in [0.29, 0.717) is 24.4 Å². The van der Waals surface area contributed by atoms with Crippen molar-refractivity contribution in [3.8, 4) is 0 Å². The molecule has 110 valence electrons. The summed E-state index contributed by atoms with van der Waals surface area (Å²) >= 11 is 0. The molecular formula is C16H18N2O3. The van der Waals surface area contributed by atoms with Crippen LogP contribution >= 0.6 is 0 Å². The van der Waals surface area contributed by atoms with Crippen LogP contribution in [-0.4, -0.2) is 12.0 Å². The number of methoxy groups -OCH3 is 1. The first-order chi connectivity index (χ1) is 10.1. The van der Waals surface area contributed by atoms with Gasteiger partial charge in [-0.1, -0.05) is 36.4 Å². The zero-order valence-corrected chi connectivity index (χ0v) is 12.1. The molecule has 0 unspecified atom stereocenters. The number of nitrogens with one attached hydrogen (secondary N) is 1. The maximum Gasteiger partial charge on any atom is 0.295 e. The first-order valence-electron chi connectivity index (χ1n) is 6.67. The molecular weight excluding hydrogens is 268 g/mol. The lowest BCUT2D eigenvalue weighted by atomic mass is 10.1. The molecule has 2 aromatic carbocycles. The molecule has 0 aliphatic heterocycles. The van der Waals surface area contributed by atoms with Crippen LogP contribution in [0.5, 0.6) is 0 Å². The smallest absolute Gasteiger partial charge is 0.295 e. The van der Waals surface area contributed by atoms with Crippen LogP contribution in [0.1, 0.15) is 16.7 Å². The lowest BCUT2D eigenvalue weighted by Crippen LogP contribution is -2.06. The minimum Gasteiger partial charge on any atom is -0.380 e. The van der Waals surface area contributed by atoms with E-state index in [1.165, 1.54) is 0 Å². The average molecular weight is 286 g/mol. The topological polar surface area (TPSA) is 64.4 Å². The molecule has 21 heavy (non-hydrogen) atoms. The van der Waals surface area contributed by atoms with E-state index >= 15 is 0 Å². The predicted molar refractivity (Wildman–Crippen MR) is 82.3 cm³/mol. The van der Waals surface area contributed by atoms with Gasteiger partial charge in [0.05, 0.1) is 11.5 Å². The van der Waals surface area contributed by atoms with Gasteiger partial charge in [0.15, 0.2) is 0 Å². The Morgan fingerprint density at radius 3 is 2.52 bits per heavy atom. The number of rotatable bonds is 6. The molecule has 0 aromatic heterocycles. The highest BCUT2D eigenvalue weighted by Crippen LogP contribution is 2.28. The van der Waals surface area contributed by atoms with Crippen LogP contribution in [0, 0.1) is 17.0 Å². The maximum absolute atomic E-state index is 11.2. The van der Waals surface area contributed by atoms with Gasteiger partial charge >= 0.3 is 0 Å². The molecule has 0 spiro atoms. The van der Waals surface area contributed by atoms with Crippen molar-refractivity contribution >= 4 is 11.4 Å². The van der Waals surface area contributed by atoms with Crippen molar-refractivity contribution in [2.75, 3.05) is 12.4 Å². The zero-order valence-electron chi connectivity index (χ0n) is 12.1. The number of nitro benzene ring substituents is 1. The Balaban J connectivity index is 2.21. The van der Waals surface area contributed by atoms with Gasteiger partial charge < -0.3 is 10.1 Å². The highest BCUT2D eigenvalue weighted by atomic mass is 16.6. The van der Waals surface area contributed by atoms with Crippen molar-refractivity contribution in [1.82, 2.24) is 0 Å². The molecule has 2 aromatic rings. The molecule has 0 saturated heterocycles. The van der Waals surface area contributed by atoms with E-state index in [0.717, 1.165) is 11.1 Å². The summed E-state index contributed by atoms with van der Waals surface area (Å²) in [6, 6.07) is 13.2. The minimum atomic E-state index is -0.348. The number of nitrogens with zero attached hydrogens (tertiary/aromatic N) is 1. The standard InChI is InChI=1S/C16H18N2O3/c1-12-6-5-9-15(16(12)18(19)20)17-10-13-7-3-4-8-14(13)11-21-2/h3-9,17H,10-11H2,1-2H3. The summed E-state index contributed by atoms with van der Waals surface area (Å²) in [5.74, 6) is 0. The number of hydrogen-bond donors (Lipinski definition) is 1. The van der Waals surface area contributed by atoms with Gasteiger partial charge in [-0.25, -0.2) is 0 Å². The number of hydrogen-bond acceptors (Lipinski definition) is 4. The van der Waals surface area contributed by atoms with E-state index in [9.17, 15) is 10.1 Å². The number of benzene rings is 2. The van der Waals surface area contributed by atoms with Crippen molar-refractivity contribution < 1.29 is 9.66 Å². The van der Waals surface area contributed by atoms with Gasteiger partial charge in [0, 0.05) is 19.2 Å². The van der Waals surface area contributed by atoms with Crippen LogP contribution in [0.3, 0.4) is 0 Å². The number of anilines is 1. The molecule has 5 heteroatoms. The van der Waals surface area contributed by atoms with Crippen LogP contribution in [0.2, 0.25) is 0 Å². The van der Waals surface area contributed by atoms with E-state index in [1.807, 2.05) is 30.3 Å². The number of nitro groups is 1. The van der Waals surface area contributed by atoms with Crippen LogP contribution < -0.4 is 5.32 Å². The van der Waals surface area contributed by atoms with Crippen molar-refractivity contribution in [3.05, 3.63) is 69.3 Å². The molecule has 5 nitrogen and oxygen atoms in total. The molecule has 2 rings (SSSR count). The molecule has 0 bridgehead atoms. The maximum atomic E-state index is 11.2. The summed E-state index contributed by atoms with van der Waals surface area (Å²) in [4.78, 5) is 10.8. The third kappa shape index (κ3) is 3.58. The van der Waals surface area contributed by atoms with Crippen LogP contribution in [0.15, 0.2) is 42.5 Å². The summed E-state index contributed by atoms with van der Waals surface area (Å²) < 4.78 is 5.17. The lowest BCUT2D eigenvalue weighted by Gasteiger charge is -2.12. The lowest BCUT2D eigenvalue weighted by molar-refractivity contribution is -0.384. The molecule has 0 heterocycles. The molecule has 0 fully saturated rings. The minimum absolute atomic E-state index is 0.127. The Hall–Kier alpha value is -2.40. The van der Waals surface area contributed by atoms with Crippen LogP contribution in [0.4, 0.5) is 11.4 Å². The Bertz CT molecular complexity index is 641. The SMILES string of the molecule is COCc1ccccc1CNc1cccc(C)c1[N+](=O)[O-]. The largest absolute Gasteiger partial charge is 0.380 e. The van der Waals surface area contributed by atoms with Crippen molar-refractivity contribution in [1.29, 1.82) is 0 Å². The summed E-state index contributed by atoms with van der Waals surface area (Å²) in [6.07, 6.45) is 0. The second-order valence-electron chi connectivity index (χ2n) is 4.78. The summed E-state index contributed by atoms with van der Waals surface area (Å²) in [7, 11) is 1.65. The molecule has 0 amide bonds. The van der Waals surface area contributed by atoms with Gasteiger partial charge in [0.1, 0.15) is 5.69 Å². The highest BCUT2D eigenvalue weighted by Gasteiger charge is 2.16. The van der Waals surface area contributed by atoms with E-state index in [4.69, 9.17) is 4.74 Å². The highest BCUT2D eigenvalue weighted by molar-refractivity contribution is 5.65. The molecule has 0 aliphatic rings. The Morgan fingerprint density at radius 2 is 1.86 bits per heavy atom. The van der Waals surface area contributed by atoms with E-state index in [2.05, 4.69) is 5.32 Å². The van der Waals surface area contributed by atoms with Crippen molar-refractivity contribution in [3.63, 3.8) is 0 Å². The van der Waals surface area contributed by atoms with Crippen molar-refractivity contribution in [2.24, 2.45) is 0 Å².